The highest BCUT2D eigenvalue weighted by Crippen LogP contribution is 2.36. The zero-order valence-electron chi connectivity index (χ0n) is 11.8. The molecule has 0 aromatic heterocycles. The highest BCUT2D eigenvalue weighted by molar-refractivity contribution is 6.45. The van der Waals surface area contributed by atoms with Crippen molar-refractivity contribution >= 4 is 12.8 Å². The first-order valence-electron chi connectivity index (χ1n) is 7.01. The second-order valence-corrected chi connectivity index (χ2v) is 5.67. The van der Waals surface area contributed by atoms with E-state index < -0.39 is 7.05 Å². The van der Waals surface area contributed by atoms with Crippen molar-refractivity contribution in [3.05, 3.63) is 35.9 Å². The maximum absolute atomic E-state index is 12.1. The molecule has 1 aromatic rings. The summed E-state index contributed by atoms with van der Waals surface area (Å²) < 4.78 is 0. The average Bonchev–Trinajstić information content (AvgIpc) is 2.40. The third kappa shape index (κ3) is 3.25. The fourth-order valence-electron chi connectivity index (χ4n) is 2.97. The van der Waals surface area contributed by atoms with E-state index in [9.17, 15) is 9.82 Å². The van der Waals surface area contributed by atoms with E-state index in [1.807, 2.05) is 23.0 Å². The molecular formula is C15H22BNO2. The molecule has 0 aliphatic carbocycles. The van der Waals surface area contributed by atoms with Crippen LogP contribution in [0.4, 0.5) is 0 Å². The SMILES string of the molecule is CB(O)N1CCC(Cc2ccccc2)(C(C)=O)CC1. The van der Waals surface area contributed by atoms with Gasteiger partial charge >= 0.3 is 7.05 Å². The zero-order valence-corrected chi connectivity index (χ0v) is 11.8. The number of hydrogen-bond acceptors (Lipinski definition) is 3. The second-order valence-electron chi connectivity index (χ2n) is 5.67. The highest BCUT2D eigenvalue weighted by atomic mass is 16.2. The standard InChI is InChI=1S/C15H22BNO2/c1-13(18)15(12-14-6-4-3-5-7-14)8-10-17(11-9-15)16(2)19/h3-7,19H,8-12H2,1-2H3. The third-order valence-electron chi connectivity index (χ3n) is 4.42. The van der Waals surface area contributed by atoms with Crippen LogP contribution in [0, 0.1) is 5.41 Å². The van der Waals surface area contributed by atoms with E-state index in [0.717, 1.165) is 32.4 Å². The van der Waals surface area contributed by atoms with Gasteiger partial charge in [-0.25, -0.2) is 0 Å². The van der Waals surface area contributed by atoms with E-state index in [1.54, 1.807) is 13.7 Å². The fraction of sp³-hybridized carbons (Fsp3) is 0.533. The van der Waals surface area contributed by atoms with E-state index in [4.69, 9.17) is 0 Å². The van der Waals surface area contributed by atoms with Crippen LogP contribution >= 0.6 is 0 Å². The minimum atomic E-state index is -0.415. The van der Waals surface area contributed by atoms with Crippen molar-refractivity contribution in [1.29, 1.82) is 0 Å². The van der Waals surface area contributed by atoms with Crippen LogP contribution in [0.25, 0.3) is 0 Å². The van der Waals surface area contributed by atoms with Gasteiger partial charge in [-0.05, 0) is 51.7 Å². The van der Waals surface area contributed by atoms with Gasteiger partial charge in [0.05, 0.1) is 0 Å². The van der Waals surface area contributed by atoms with E-state index in [0.29, 0.717) is 0 Å². The van der Waals surface area contributed by atoms with Gasteiger partial charge in [0.1, 0.15) is 5.78 Å². The van der Waals surface area contributed by atoms with E-state index in [-0.39, 0.29) is 11.2 Å². The first-order valence-corrected chi connectivity index (χ1v) is 7.01. The Labute approximate surface area is 115 Å². The van der Waals surface area contributed by atoms with Gasteiger partial charge in [0.2, 0.25) is 0 Å². The number of rotatable bonds is 4. The molecule has 1 fully saturated rings. The van der Waals surface area contributed by atoms with Gasteiger partial charge in [-0.3, -0.25) is 4.79 Å². The summed E-state index contributed by atoms with van der Waals surface area (Å²) in [6.45, 7) is 5.09. The lowest BCUT2D eigenvalue weighted by Gasteiger charge is -2.41. The molecule has 0 radical (unpaired) electrons. The first kappa shape index (κ1) is 14.3. The molecule has 1 aliphatic heterocycles. The molecule has 1 heterocycles. The van der Waals surface area contributed by atoms with Crippen molar-refractivity contribution in [1.82, 2.24) is 4.81 Å². The number of hydrogen-bond donors (Lipinski definition) is 1. The Morgan fingerprint density at radius 3 is 2.37 bits per heavy atom. The number of benzene rings is 1. The van der Waals surface area contributed by atoms with Crippen LogP contribution in [0.1, 0.15) is 25.3 Å². The van der Waals surface area contributed by atoms with Gasteiger partial charge < -0.3 is 9.83 Å². The summed E-state index contributed by atoms with van der Waals surface area (Å²) in [5.74, 6) is 0.279. The van der Waals surface area contributed by atoms with Crippen LogP contribution in [0.3, 0.4) is 0 Å². The average molecular weight is 259 g/mol. The first-order chi connectivity index (χ1) is 9.03. The molecule has 102 valence electrons. The summed E-state index contributed by atoms with van der Waals surface area (Å²) in [5, 5.41) is 9.62. The number of ketones is 1. The van der Waals surface area contributed by atoms with Crippen molar-refractivity contribution in [2.45, 2.75) is 33.0 Å². The lowest BCUT2D eigenvalue weighted by atomic mass is 9.68. The van der Waals surface area contributed by atoms with E-state index in [1.165, 1.54) is 5.56 Å². The van der Waals surface area contributed by atoms with Crippen molar-refractivity contribution in [3.63, 3.8) is 0 Å². The molecule has 0 spiro atoms. The largest absolute Gasteiger partial charge is 0.437 e. The maximum Gasteiger partial charge on any atom is 0.376 e. The Morgan fingerprint density at radius 1 is 1.32 bits per heavy atom. The van der Waals surface area contributed by atoms with Crippen molar-refractivity contribution in [2.24, 2.45) is 5.41 Å². The molecule has 0 bridgehead atoms. The summed E-state index contributed by atoms with van der Waals surface area (Å²) in [6.07, 6.45) is 2.49. The van der Waals surface area contributed by atoms with Crippen LogP contribution < -0.4 is 0 Å². The van der Waals surface area contributed by atoms with Gasteiger partial charge in [0.25, 0.3) is 0 Å². The molecule has 1 aromatic carbocycles. The Morgan fingerprint density at radius 2 is 1.89 bits per heavy atom. The molecule has 0 amide bonds. The molecule has 19 heavy (non-hydrogen) atoms. The third-order valence-corrected chi connectivity index (χ3v) is 4.42. The summed E-state index contributed by atoms with van der Waals surface area (Å²) >= 11 is 0. The summed E-state index contributed by atoms with van der Waals surface area (Å²) in [5.41, 5.74) is 0.982. The normalized spacial score (nSPS) is 19.1. The summed E-state index contributed by atoms with van der Waals surface area (Å²) in [4.78, 5) is 14.2. The summed E-state index contributed by atoms with van der Waals surface area (Å²) in [6, 6.07) is 10.2. The lowest BCUT2D eigenvalue weighted by Crippen LogP contribution is -2.49. The molecular weight excluding hydrogens is 237 g/mol. The molecule has 3 nitrogen and oxygen atoms in total. The van der Waals surface area contributed by atoms with Crippen LogP contribution in [0.5, 0.6) is 0 Å². The van der Waals surface area contributed by atoms with Crippen LogP contribution in [-0.2, 0) is 11.2 Å². The van der Waals surface area contributed by atoms with Crippen LogP contribution in [0.15, 0.2) is 30.3 Å². The fourth-order valence-corrected chi connectivity index (χ4v) is 2.97. The van der Waals surface area contributed by atoms with Gasteiger partial charge in [-0.1, -0.05) is 30.3 Å². The predicted molar refractivity (Wildman–Crippen MR) is 77.9 cm³/mol. The highest BCUT2D eigenvalue weighted by Gasteiger charge is 2.39. The molecule has 0 saturated carbocycles. The molecule has 1 saturated heterocycles. The summed E-state index contributed by atoms with van der Waals surface area (Å²) in [7, 11) is -0.415. The van der Waals surface area contributed by atoms with Crippen LogP contribution in [-0.4, -0.2) is 35.8 Å². The molecule has 1 N–H and O–H groups in total. The second kappa shape index (κ2) is 5.89. The molecule has 0 atom stereocenters. The molecule has 2 rings (SSSR count). The lowest BCUT2D eigenvalue weighted by molar-refractivity contribution is -0.128. The van der Waals surface area contributed by atoms with Crippen molar-refractivity contribution in [2.75, 3.05) is 13.1 Å². The van der Waals surface area contributed by atoms with Gasteiger partial charge in [0, 0.05) is 5.41 Å². The molecule has 1 aliphatic rings. The topological polar surface area (TPSA) is 40.5 Å². The number of nitrogens with zero attached hydrogens (tertiary/aromatic N) is 1. The number of piperidine rings is 1. The molecule has 0 unspecified atom stereocenters. The maximum atomic E-state index is 12.1. The number of carbonyl (C=O) groups excluding carboxylic acids is 1. The van der Waals surface area contributed by atoms with E-state index in [2.05, 4.69) is 12.1 Å². The van der Waals surface area contributed by atoms with Gasteiger partial charge in [0.15, 0.2) is 0 Å². The predicted octanol–water partition coefficient (Wildman–Crippen LogP) is 2.01. The smallest absolute Gasteiger partial charge is 0.376 e. The Balaban J connectivity index is 2.11. The van der Waals surface area contributed by atoms with Gasteiger partial charge in [-0.2, -0.15) is 0 Å². The van der Waals surface area contributed by atoms with Gasteiger partial charge in [-0.15, -0.1) is 0 Å². The minimum absolute atomic E-state index is 0.243. The zero-order chi connectivity index (χ0) is 13.9. The van der Waals surface area contributed by atoms with Crippen molar-refractivity contribution in [3.8, 4) is 0 Å². The van der Waals surface area contributed by atoms with E-state index >= 15 is 0 Å². The monoisotopic (exact) mass is 259 g/mol. The minimum Gasteiger partial charge on any atom is -0.437 e. The van der Waals surface area contributed by atoms with Crippen LogP contribution in [0.2, 0.25) is 6.82 Å². The number of Topliss-reactive ketones (excluding diaryl/α,β-unsaturated/α-hetero) is 1. The Bertz CT molecular complexity index is 425. The number of carbonyl (C=O) groups is 1. The quantitative estimate of drug-likeness (QED) is 0.841. The Kier molecular flexibility index (Phi) is 4.43. The molecule has 4 heteroatoms. The Hall–Kier alpha value is -1.13. The van der Waals surface area contributed by atoms with Crippen molar-refractivity contribution < 1.29 is 9.82 Å².